The van der Waals surface area contributed by atoms with E-state index in [4.69, 9.17) is 0 Å². The molecule has 1 aromatic rings. The SMILES string of the molecule is CCNc1cc(NC(CC)CC2CC2)ccn1. The third-order valence-electron chi connectivity index (χ3n) is 3.30. The van der Waals surface area contributed by atoms with Gasteiger partial charge >= 0.3 is 0 Å². The van der Waals surface area contributed by atoms with Crippen LogP contribution in [0.5, 0.6) is 0 Å². The molecule has 94 valence electrons. The summed E-state index contributed by atoms with van der Waals surface area (Å²) in [5.74, 6) is 1.93. The molecule has 3 heteroatoms. The normalized spacial score (nSPS) is 16.6. The number of aromatic nitrogens is 1. The highest BCUT2D eigenvalue weighted by atomic mass is 15.0. The molecular weight excluding hydrogens is 210 g/mol. The lowest BCUT2D eigenvalue weighted by Gasteiger charge is -2.18. The van der Waals surface area contributed by atoms with Gasteiger partial charge in [0.25, 0.3) is 0 Å². The van der Waals surface area contributed by atoms with Gasteiger partial charge < -0.3 is 10.6 Å². The second-order valence-corrected chi connectivity index (χ2v) is 4.89. The van der Waals surface area contributed by atoms with Gasteiger partial charge in [0.15, 0.2) is 0 Å². The van der Waals surface area contributed by atoms with E-state index in [0.29, 0.717) is 6.04 Å². The molecule has 0 aromatic carbocycles. The summed E-state index contributed by atoms with van der Waals surface area (Å²) >= 11 is 0. The van der Waals surface area contributed by atoms with Crippen molar-refractivity contribution in [1.29, 1.82) is 0 Å². The van der Waals surface area contributed by atoms with Crippen molar-refractivity contribution in [3.05, 3.63) is 18.3 Å². The first-order valence-electron chi connectivity index (χ1n) is 6.78. The summed E-state index contributed by atoms with van der Waals surface area (Å²) in [7, 11) is 0. The van der Waals surface area contributed by atoms with Crippen LogP contribution in [-0.4, -0.2) is 17.6 Å². The summed E-state index contributed by atoms with van der Waals surface area (Å²) in [5, 5.41) is 6.86. The fraction of sp³-hybridized carbons (Fsp3) is 0.643. The smallest absolute Gasteiger partial charge is 0.127 e. The largest absolute Gasteiger partial charge is 0.382 e. The molecule has 0 amide bonds. The summed E-state index contributed by atoms with van der Waals surface area (Å²) in [6, 6.07) is 4.76. The van der Waals surface area contributed by atoms with Crippen LogP contribution < -0.4 is 10.6 Å². The summed E-state index contributed by atoms with van der Waals surface area (Å²) in [6.07, 6.45) is 7.23. The molecule has 1 heterocycles. The molecule has 0 radical (unpaired) electrons. The maximum absolute atomic E-state index is 4.28. The number of nitrogens with one attached hydrogen (secondary N) is 2. The monoisotopic (exact) mass is 233 g/mol. The van der Waals surface area contributed by atoms with E-state index in [0.717, 1.165) is 18.3 Å². The first kappa shape index (κ1) is 12.2. The Hall–Kier alpha value is -1.25. The first-order chi connectivity index (χ1) is 8.31. The molecule has 17 heavy (non-hydrogen) atoms. The topological polar surface area (TPSA) is 37.0 Å². The van der Waals surface area contributed by atoms with Crippen molar-refractivity contribution in [3.8, 4) is 0 Å². The van der Waals surface area contributed by atoms with Crippen LogP contribution in [0.2, 0.25) is 0 Å². The van der Waals surface area contributed by atoms with Crippen molar-refractivity contribution in [2.24, 2.45) is 5.92 Å². The van der Waals surface area contributed by atoms with Crippen LogP contribution >= 0.6 is 0 Å². The van der Waals surface area contributed by atoms with E-state index >= 15 is 0 Å². The highest BCUT2D eigenvalue weighted by Gasteiger charge is 2.24. The lowest BCUT2D eigenvalue weighted by Crippen LogP contribution is -2.19. The van der Waals surface area contributed by atoms with Crippen LogP contribution in [0.4, 0.5) is 11.5 Å². The fourth-order valence-electron chi connectivity index (χ4n) is 2.12. The Kier molecular flexibility index (Phi) is 4.24. The van der Waals surface area contributed by atoms with Gasteiger partial charge in [-0.3, -0.25) is 0 Å². The predicted octanol–water partition coefficient (Wildman–Crippen LogP) is 3.50. The fourth-order valence-corrected chi connectivity index (χ4v) is 2.12. The Morgan fingerprint density at radius 3 is 2.88 bits per heavy atom. The summed E-state index contributed by atoms with van der Waals surface area (Å²) in [5.41, 5.74) is 1.18. The third-order valence-corrected chi connectivity index (χ3v) is 3.30. The molecule has 1 unspecified atom stereocenters. The van der Waals surface area contributed by atoms with Gasteiger partial charge in [0, 0.05) is 30.5 Å². The van der Waals surface area contributed by atoms with Gasteiger partial charge in [-0.15, -0.1) is 0 Å². The molecule has 0 bridgehead atoms. The van der Waals surface area contributed by atoms with E-state index < -0.39 is 0 Å². The predicted molar refractivity (Wildman–Crippen MR) is 73.4 cm³/mol. The second kappa shape index (κ2) is 5.89. The van der Waals surface area contributed by atoms with Crippen molar-refractivity contribution in [3.63, 3.8) is 0 Å². The average Bonchev–Trinajstić information content (AvgIpc) is 3.13. The zero-order valence-electron chi connectivity index (χ0n) is 10.9. The Bertz CT molecular complexity index is 347. The van der Waals surface area contributed by atoms with Crippen LogP contribution in [0.3, 0.4) is 0 Å². The zero-order valence-corrected chi connectivity index (χ0v) is 10.9. The van der Waals surface area contributed by atoms with Crippen LogP contribution in [0.15, 0.2) is 18.3 Å². The van der Waals surface area contributed by atoms with Crippen LogP contribution in [-0.2, 0) is 0 Å². The number of pyridine rings is 1. The van der Waals surface area contributed by atoms with E-state index in [9.17, 15) is 0 Å². The first-order valence-corrected chi connectivity index (χ1v) is 6.78. The third kappa shape index (κ3) is 3.91. The molecule has 2 N–H and O–H groups in total. The Morgan fingerprint density at radius 2 is 2.24 bits per heavy atom. The lowest BCUT2D eigenvalue weighted by molar-refractivity contribution is 0.587. The van der Waals surface area contributed by atoms with Crippen LogP contribution in [0, 0.1) is 5.92 Å². The van der Waals surface area contributed by atoms with Gasteiger partial charge in [0.1, 0.15) is 5.82 Å². The van der Waals surface area contributed by atoms with Gasteiger partial charge in [-0.1, -0.05) is 19.8 Å². The van der Waals surface area contributed by atoms with Gasteiger partial charge in [0.05, 0.1) is 0 Å². The van der Waals surface area contributed by atoms with Crippen LogP contribution in [0.25, 0.3) is 0 Å². The minimum atomic E-state index is 0.611. The number of nitrogens with zero attached hydrogens (tertiary/aromatic N) is 1. The molecule has 1 aliphatic carbocycles. The minimum Gasteiger partial charge on any atom is -0.382 e. The van der Waals surface area contributed by atoms with Gasteiger partial charge in [0.2, 0.25) is 0 Å². The van der Waals surface area contributed by atoms with Crippen molar-refractivity contribution in [2.45, 2.75) is 45.6 Å². The Labute approximate surface area is 104 Å². The number of hydrogen-bond acceptors (Lipinski definition) is 3. The van der Waals surface area contributed by atoms with E-state index in [2.05, 4.69) is 41.6 Å². The summed E-state index contributed by atoms with van der Waals surface area (Å²) in [4.78, 5) is 4.28. The van der Waals surface area contributed by atoms with E-state index in [1.54, 1.807) is 0 Å². The Morgan fingerprint density at radius 1 is 1.41 bits per heavy atom. The molecule has 2 rings (SSSR count). The molecule has 1 atom stereocenters. The summed E-state index contributed by atoms with van der Waals surface area (Å²) in [6.45, 7) is 5.26. The standard InChI is InChI=1S/C14H23N3/c1-3-12(9-11-5-6-11)17-13-7-8-16-14(10-13)15-4-2/h7-8,10-12H,3-6,9H2,1-2H3,(H2,15,16,17). The van der Waals surface area contributed by atoms with Crippen LogP contribution in [0.1, 0.15) is 39.5 Å². The quantitative estimate of drug-likeness (QED) is 0.756. The lowest BCUT2D eigenvalue weighted by atomic mass is 10.1. The molecule has 3 nitrogen and oxygen atoms in total. The molecular formula is C14H23N3. The molecule has 0 aliphatic heterocycles. The highest BCUT2D eigenvalue weighted by Crippen LogP contribution is 2.34. The van der Waals surface area contributed by atoms with E-state index in [1.165, 1.54) is 31.4 Å². The number of hydrogen-bond donors (Lipinski definition) is 2. The van der Waals surface area contributed by atoms with Crippen molar-refractivity contribution in [2.75, 3.05) is 17.2 Å². The molecule has 1 aromatic heterocycles. The summed E-state index contributed by atoms with van der Waals surface area (Å²) < 4.78 is 0. The van der Waals surface area contributed by atoms with E-state index in [-0.39, 0.29) is 0 Å². The average molecular weight is 233 g/mol. The molecule has 0 saturated heterocycles. The number of anilines is 2. The molecule has 1 fully saturated rings. The highest BCUT2D eigenvalue weighted by molar-refractivity contribution is 5.52. The number of rotatable bonds is 7. The van der Waals surface area contributed by atoms with Gasteiger partial charge in [-0.25, -0.2) is 4.98 Å². The Balaban J connectivity index is 1.92. The van der Waals surface area contributed by atoms with Crippen molar-refractivity contribution in [1.82, 2.24) is 4.98 Å². The second-order valence-electron chi connectivity index (χ2n) is 4.89. The minimum absolute atomic E-state index is 0.611. The molecule has 0 spiro atoms. The molecule has 1 saturated carbocycles. The zero-order chi connectivity index (χ0) is 12.1. The maximum atomic E-state index is 4.28. The van der Waals surface area contributed by atoms with Crippen molar-refractivity contribution >= 4 is 11.5 Å². The van der Waals surface area contributed by atoms with E-state index in [1.807, 2.05) is 6.20 Å². The maximum Gasteiger partial charge on any atom is 0.127 e. The van der Waals surface area contributed by atoms with Gasteiger partial charge in [-0.2, -0.15) is 0 Å². The molecule has 1 aliphatic rings. The van der Waals surface area contributed by atoms with Gasteiger partial charge in [-0.05, 0) is 31.7 Å². The van der Waals surface area contributed by atoms with Crippen molar-refractivity contribution < 1.29 is 0 Å².